The number of benzene rings is 2. The minimum atomic E-state index is -1.01. The van der Waals surface area contributed by atoms with E-state index in [2.05, 4.69) is 0 Å². The van der Waals surface area contributed by atoms with Gasteiger partial charge in [-0.05, 0) is 36.3 Å². The van der Waals surface area contributed by atoms with Crippen molar-refractivity contribution in [2.75, 3.05) is 13.7 Å². The van der Waals surface area contributed by atoms with Crippen LogP contribution in [0.3, 0.4) is 0 Å². The van der Waals surface area contributed by atoms with Crippen molar-refractivity contribution in [3.63, 3.8) is 0 Å². The summed E-state index contributed by atoms with van der Waals surface area (Å²) in [6.45, 7) is 1.71. The smallest absolute Gasteiger partial charge is 0.338 e. The number of carbonyl (C=O) groups is 2. The van der Waals surface area contributed by atoms with Crippen LogP contribution in [-0.4, -0.2) is 30.2 Å². The number of hydrogen-bond donors (Lipinski definition) is 1. The maximum atomic E-state index is 13.5. The summed E-state index contributed by atoms with van der Waals surface area (Å²) in [5, 5.41) is 0.758. The monoisotopic (exact) mass is 530 g/mol. The predicted octanol–water partition coefficient (Wildman–Crippen LogP) is 2.86. The Balaban J connectivity index is 2.16. The maximum Gasteiger partial charge on any atom is 0.338 e. The lowest BCUT2D eigenvalue weighted by atomic mass is 9.83. The molecule has 0 radical (unpaired) electrons. The van der Waals surface area contributed by atoms with Gasteiger partial charge in [-0.2, -0.15) is 0 Å². The first-order valence-electron chi connectivity index (χ1n) is 10.5. The van der Waals surface area contributed by atoms with Crippen molar-refractivity contribution in [3.8, 4) is 0 Å². The van der Waals surface area contributed by atoms with Crippen molar-refractivity contribution in [1.82, 2.24) is 4.57 Å². The lowest BCUT2D eigenvalue weighted by Crippen LogP contribution is -2.41. The van der Waals surface area contributed by atoms with Gasteiger partial charge in [-0.3, -0.25) is 9.36 Å². The van der Waals surface area contributed by atoms with Crippen LogP contribution in [0.5, 0.6) is 0 Å². The number of carbonyl (C=O) groups excluding carboxylic acids is 2. The summed E-state index contributed by atoms with van der Waals surface area (Å²) in [5.74, 6) is -2.65. The number of aromatic nitrogens is 1. The van der Waals surface area contributed by atoms with Crippen LogP contribution in [0.1, 0.15) is 24.0 Å². The summed E-state index contributed by atoms with van der Waals surface area (Å²) in [6.07, 6.45) is 1.61. The van der Waals surface area contributed by atoms with Crippen molar-refractivity contribution in [1.29, 1.82) is 0 Å². The lowest BCUT2D eigenvalue weighted by molar-refractivity contribution is -0.138. The zero-order valence-electron chi connectivity index (χ0n) is 18.7. The number of hydrogen-bond acceptors (Lipinski definition) is 7. The highest BCUT2D eigenvalue weighted by Crippen LogP contribution is 2.40. The fourth-order valence-electron chi connectivity index (χ4n) is 3.92. The molecule has 0 bridgehead atoms. The molecule has 0 amide bonds. The molecule has 0 fully saturated rings. The van der Waals surface area contributed by atoms with Gasteiger partial charge in [0, 0.05) is 10.0 Å². The summed E-state index contributed by atoms with van der Waals surface area (Å²) in [7, 11) is 1.22. The van der Waals surface area contributed by atoms with Gasteiger partial charge in [0.25, 0.3) is 5.56 Å². The van der Waals surface area contributed by atoms with E-state index in [-0.39, 0.29) is 32.8 Å². The molecule has 1 atom stereocenters. The molecule has 0 spiro atoms. The van der Waals surface area contributed by atoms with Crippen LogP contribution in [0.2, 0.25) is 10.0 Å². The number of nitrogens with zero attached hydrogens (tertiary/aromatic N) is 1. The first kappa shape index (κ1) is 24.8. The van der Waals surface area contributed by atoms with Gasteiger partial charge < -0.3 is 15.2 Å². The molecule has 3 aromatic rings. The molecule has 4 rings (SSSR count). The quantitative estimate of drug-likeness (QED) is 0.509. The maximum absolute atomic E-state index is 13.5. The Morgan fingerprint density at radius 1 is 1.06 bits per heavy atom. The van der Waals surface area contributed by atoms with Gasteiger partial charge in [0.2, 0.25) is 0 Å². The Hall–Kier alpha value is -3.33. The van der Waals surface area contributed by atoms with Crippen LogP contribution >= 0.6 is 34.5 Å². The first-order chi connectivity index (χ1) is 16.8. The summed E-state index contributed by atoms with van der Waals surface area (Å²) < 4.78 is 12.0. The second-order valence-corrected chi connectivity index (χ2v) is 9.30. The van der Waals surface area contributed by atoms with Gasteiger partial charge in [0.1, 0.15) is 10.5 Å². The Morgan fingerprint density at radius 2 is 1.71 bits per heavy atom. The standard InChI is InChI=1S/C25H20Cl2N2O5S/c1-3-34-25(32)19-18(14-9-5-7-11-16(14)27)20(24(31)33-2)23-29(21(19)28)22(30)17(35-23)12-13-8-4-6-10-15(13)26/h4-12,18H,3,28H2,1-2H3/b17-12-. The van der Waals surface area contributed by atoms with E-state index in [0.717, 1.165) is 15.9 Å². The first-order valence-corrected chi connectivity index (χ1v) is 12.1. The van der Waals surface area contributed by atoms with E-state index >= 15 is 0 Å². The molecular weight excluding hydrogens is 511 g/mol. The fourth-order valence-corrected chi connectivity index (χ4v) is 5.51. The fraction of sp³-hybridized carbons (Fsp3) is 0.160. The number of nitrogens with two attached hydrogens (primary N) is 1. The minimum absolute atomic E-state index is 0.0544. The highest BCUT2D eigenvalue weighted by Gasteiger charge is 2.40. The van der Waals surface area contributed by atoms with Crippen molar-refractivity contribution in [3.05, 3.63) is 94.8 Å². The molecule has 35 heavy (non-hydrogen) atoms. The van der Waals surface area contributed by atoms with Crippen LogP contribution < -0.4 is 20.5 Å². The molecule has 2 N–H and O–H groups in total. The molecule has 1 unspecified atom stereocenters. The van der Waals surface area contributed by atoms with Crippen LogP contribution in [0.4, 0.5) is 0 Å². The lowest BCUT2D eigenvalue weighted by Gasteiger charge is -2.27. The number of ether oxygens (including phenoxy) is 2. The second-order valence-electron chi connectivity index (χ2n) is 7.46. The number of halogens is 2. The van der Waals surface area contributed by atoms with Crippen molar-refractivity contribution in [2.45, 2.75) is 12.8 Å². The molecule has 7 nitrogen and oxygen atoms in total. The van der Waals surface area contributed by atoms with Gasteiger partial charge in [-0.25, -0.2) is 9.59 Å². The third kappa shape index (κ3) is 4.40. The summed E-state index contributed by atoms with van der Waals surface area (Å²) >= 11 is 13.8. The number of esters is 2. The topological polar surface area (TPSA) is 101 Å². The minimum Gasteiger partial charge on any atom is -0.466 e. The molecule has 1 aliphatic rings. The Kier molecular flexibility index (Phi) is 7.16. The molecule has 10 heteroatoms. The van der Waals surface area contributed by atoms with E-state index in [0.29, 0.717) is 21.2 Å². The molecule has 2 aromatic carbocycles. The van der Waals surface area contributed by atoms with Gasteiger partial charge in [-0.15, -0.1) is 11.3 Å². The molecule has 1 aliphatic heterocycles. The average Bonchev–Trinajstić information content (AvgIpc) is 3.16. The van der Waals surface area contributed by atoms with Crippen molar-refractivity contribution < 1.29 is 19.1 Å². The van der Waals surface area contributed by atoms with Gasteiger partial charge in [-0.1, -0.05) is 59.6 Å². The van der Waals surface area contributed by atoms with Gasteiger partial charge >= 0.3 is 11.9 Å². The Labute approximate surface area is 214 Å². The van der Waals surface area contributed by atoms with E-state index in [9.17, 15) is 14.4 Å². The summed E-state index contributed by atoms with van der Waals surface area (Å²) in [6, 6.07) is 13.8. The molecule has 0 saturated heterocycles. The van der Waals surface area contributed by atoms with Gasteiger partial charge in [0.05, 0.1) is 35.3 Å². The number of rotatable bonds is 5. The summed E-state index contributed by atoms with van der Waals surface area (Å²) in [4.78, 5) is 39.7. The highest BCUT2D eigenvalue weighted by atomic mass is 35.5. The Bertz CT molecular complexity index is 1550. The highest BCUT2D eigenvalue weighted by molar-refractivity contribution is 7.07. The third-order valence-corrected chi connectivity index (χ3v) is 7.25. The SMILES string of the molecule is CCOC(=O)C1=C(N)n2c(s/c(=C\c3ccccc3Cl)c2=O)=C(C(=O)OC)C1c1ccccc1Cl. The molecule has 180 valence electrons. The van der Waals surface area contributed by atoms with Crippen molar-refractivity contribution >= 4 is 63.9 Å². The van der Waals surface area contributed by atoms with Crippen molar-refractivity contribution in [2.24, 2.45) is 5.73 Å². The zero-order valence-corrected chi connectivity index (χ0v) is 21.0. The third-order valence-electron chi connectivity index (χ3n) is 5.46. The normalized spacial score (nSPS) is 15.7. The number of thiazole rings is 1. The predicted molar refractivity (Wildman–Crippen MR) is 137 cm³/mol. The Morgan fingerprint density at radius 3 is 2.34 bits per heavy atom. The largest absolute Gasteiger partial charge is 0.466 e. The molecule has 0 aliphatic carbocycles. The van der Waals surface area contributed by atoms with E-state index in [1.54, 1.807) is 61.5 Å². The van der Waals surface area contributed by atoms with Crippen LogP contribution in [0, 0.1) is 0 Å². The average molecular weight is 531 g/mol. The second kappa shape index (κ2) is 10.1. The van der Waals surface area contributed by atoms with Crippen LogP contribution in [-0.2, 0) is 19.1 Å². The van der Waals surface area contributed by atoms with Crippen LogP contribution in [0.25, 0.3) is 17.5 Å². The van der Waals surface area contributed by atoms with Gasteiger partial charge in [0.15, 0.2) is 0 Å². The van der Waals surface area contributed by atoms with E-state index in [1.165, 1.54) is 7.11 Å². The molecule has 1 aromatic heterocycles. The van der Waals surface area contributed by atoms with E-state index in [4.69, 9.17) is 38.4 Å². The van der Waals surface area contributed by atoms with Crippen LogP contribution in [0.15, 0.2) is 58.9 Å². The summed E-state index contributed by atoms with van der Waals surface area (Å²) in [5.41, 5.74) is 6.97. The van der Waals surface area contributed by atoms with E-state index in [1.807, 2.05) is 0 Å². The number of methoxy groups -OCH3 is 1. The molecular formula is C25H20Cl2N2O5S. The zero-order chi connectivity index (χ0) is 25.3. The van der Waals surface area contributed by atoms with E-state index < -0.39 is 23.4 Å². The molecule has 0 saturated carbocycles. The number of fused-ring (bicyclic) bond motifs is 1. The molecule has 2 heterocycles.